The fourth-order valence-corrected chi connectivity index (χ4v) is 2.43. The molecule has 0 aliphatic rings. The number of carbonyl (C=O) groups is 1. The highest BCUT2D eigenvalue weighted by Gasteiger charge is 2.12. The van der Waals surface area contributed by atoms with Crippen LogP contribution in [0.5, 0.6) is 11.5 Å². The third-order valence-corrected chi connectivity index (χ3v) is 3.85. The molecule has 0 saturated carbocycles. The Morgan fingerprint density at radius 1 is 1.00 bits per heavy atom. The molecule has 8 nitrogen and oxygen atoms in total. The summed E-state index contributed by atoms with van der Waals surface area (Å²) in [6, 6.07) is 12.3. The number of nitrogens with one attached hydrogen (secondary N) is 1. The molecule has 0 bridgehead atoms. The lowest BCUT2D eigenvalue weighted by Gasteiger charge is -2.07. The standard InChI is InChI=1S/C19H19N3O5/c1-24-15-9-6-13(10-16(15)25-2)18-22-21-17(27-18)11-20-14-7-4-12(5-8-14)19(23)26-3/h4-10,20H,11H2,1-3H3. The molecule has 3 rings (SSSR count). The molecule has 3 aromatic rings. The monoisotopic (exact) mass is 369 g/mol. The molecule has 27 heavy (non-hydrogen) atoms. The molecule has 0 atom stereocenters. The second kappa shape index (κ2) is 8.22. The average molecular weight is 369 g/mol. The van der Waals surface area contributed by atoms with Crippen LogP contribution in [0.3, 0.4) is 0 Å². The molecule has 8 heteroatoms. The van der Waals surface area contributed by atoms with Gasteiger partial charge in [0.2, 0.25) is 11.8 Å². The number of rotatable bonds is 7. The van der Waals surface area contributed by atoms with Crippen molar-refractivity contribution >= 4 is 11.7 Å². The second-order valence-electron chi connectivity index (χ2n) is 5.49. The Labute approximate surface area is 156 Å². The lowest BCUT2D eigenvalue weighted by molar-refractivity contribution is 0.0601. The molecule has 1 aromatic heterocycles. The number of hydrogen-bond acceptors (Lipinski definition) is 8. The molecule has 0 unspecified atom stereocenters. The van der Waals surface area contributed by atoms with E-state index in [1.54, 1.807) is 50.6 Å². The molecule has 0 amide bonds. The van der Waals surface area contributed by atoms with E-state index in [4.69, 9.17) is 13.9 Å². The van der Waals surface area contributed by atoms with E-state index in [1.165, 1.54) is 7.11 Å². The largest absolute Gasteiger partial charge is 0.493 e. The highest BCUT2D eigenvalue weighted by Crippen LogP contribution is 2.31. The molecule has 2 aromatic carbocycles. The Morgan fingerprint density at radius 2 is 1.74 bits per heavy atom. The third kappa shape index (κ3) is 4.17. The van der Waals surface area contributed by atoms with Gasteiger partial charge in [0.25, 0.3) is 0 Å². The van der Waals surface area contributed by atoms with Gasteiger partial charge >= 0.3 is 5.97 Å². The lowest BCUT2D eigenvalue weighted by Crippen LogP contribution is -2.02. The summed E-state index contributed by atoms with van der Waals surface area (Å²) >= 11 is 0. The molecule has 0 aliphatic carbocycles. The SMILES string of the molecule is COC(=O)c1ccc(NCc2nnc(-c3ccc(OC)c(OC)c3)o2)cc1. The van der Waals surface area contributed by atoms with Gasteiger partial charge in [0.1, 0.15) is 0 Å². The highest BCUT2D eigenvalue weighted by atomic mass is 16.5. The van der Waals surface area contributed by atoms with Crippen LogP contribution < -0.4 is 14.8 Å². The zero-order valence-electron chi connectivity index (χ0n) is 15.2. The van der Waals surface area contributed by atoms with Gasteiger partial charge in [-0.15, -0.1) is 10.2 Å². The number of carbonyl (C=O) groups excluding carboxylic acids is 1. The number of benzene rings is 2. The normalized spacial score (nSPS) is 10.3. The molecular formula is C19H19N3O5. The summed E-state index contributed by atoms with van der Waals surface area (Å²) in [6.45, 7) is 0.345. The quantitative estimate of drug-likeness (QED) is 0.635. The fraction of sp³-hybridized carbons (Fsp3) is 0.211. The van der Waals surface area contributed by atoms with Crippen LogP contribution >= 0.6 is 0 Å². The van der Waals surface area contributed by atoms with E-state index in [0.29, 0.717) is 35.4 Å². The summed E-state index contributed by atoms with van der Waals surface area (Å²) in [6.07, 6.45) is 0. The van der Waals surface area contributed by atoms with Crippen molar-refractivity contribution in [3.05, 3.63) is 53.9 Å². The van der Waals surface area contributed by atoms with Gasteiger partial charge in [-0.3, -0.25) is 0 Å². The molecule has 1 N–H and O–H groups in total. The summed E-state index contributed by atoms with van der Waals surface area (Å²) in [7, 11) is 4.49. The number of ether oxygens (including phenoxy) is 3. The predicted molar refractivity (Wildman–Crippen MR) is 97.9 cm³/mol. The van der Waals surface area contributed by atoms with Crippen LogP contribution in [0.25, 0.3) is 11.5 Å². The minimum Gasteiger partial charge on any atom is -0.493 e. The van der Waals surface area contributed by atoms with Crippen LogP contribution in [0, 0.1) is 0 Å². The van der Waals surface area contributed by atoms with Crippen molar-refractivity contribution in [1.29, 1.82) is 0 Å². The molecule has 1 heterocycles. The summed E-state index contributed by atoms with van der Waals surface area (Å²) in [4.78, 5) is 11.4. The van der Waals surface area contributed by atoms with Crippen molar-refractivity contribution in [2.75, 3.05) is 26.6 Å². The Balaban J connectivity index is 1.67. The van der Waals surface area contributed by atoms with Crippen LogP contribution in [0.2, 0.25) is 0 Å². The van der Waals surface area contributed by atoms with Gasteiger partial charge in [0.15, 0.2) is 11.5 Å². The maximum Gasteiger partial charge on any atom is 0.337 e. The van der Waals surface area contributed by atoms with E-state index in [2.05, 4.69) is 20.3 Å². The number of methoxy groups -OCH3 is 3. The average Bonchev–Trinajstić information content (AvgIpc) is 3.20. The zero-order chi connectivity index (χ0) is 19.2. The Kier molecular flexibility index (Phi) is 5.55. The van der Waals surface area contributed by atoms with E-state index in [0.717, 1.165) is 11.3 Å². The minimum atomic E-state index is -0.377. The molecule has 0 radical (unpaired) electrons. The molecule has 140 valence electrons. The Morgan fingerprint density at radius 3 is 2.41 bits per heavy atom. The van der Waals surface area contributed by atoms with Crippen LogP contribution in [0.1, 0.15) is 16.2 Å². The number of hydrogen-bond donors (Lipinski definition) is 1. The summed E-state index contributed by atoms with van der Waals surface area (Å²) in [5, 5.41) is 11.3. The van der Waals surface area contributed by atoms with Crippen LogP contribution in [0.15, 0.2) is 46.9 Å². The molecule has 0 spiro atoms. The predicted octanol–water partition coefficient (Wildman–Crippen LogP) is 3.15. The first-order chi connectivity index (χ1) is 13.1. The van der Waals surface area contributed by atoms with E-state index < -0.39 is 0 Å². The zero-order valence-corrected chi connectivity index (χ0v) is 15.2. The molecule has 0 fully saturated rings. The van der Waals surface area contributed by atoms with Crippen molar-refractivity contribution in [3.63, 3.8) is 0 Å². The minimum absolute atomic E-state index is 0.345. The summed E-state index contributed by atoms with van der Waals surface area (Å²) in [5.74, 6) is 1.64. The number of nitrogens with zero attached hydrogens (tertiary/aromatic N) is 2. The van der Waals surface area contributed by atoms with E-state index in [-0.39, 0.29) is 5.97 Å². The summed E-state index contributed by atoms with van der Waals surface area (Å²) < 4.78 is 20.9. The van der Waals surface area contributed by atoms with Crippen LogP contribution in [-0.4, -0.2) is 37.5 Å². The van der Waals surface area contributed by atoms with E-state index >= 15 is 0 Å². The Hall–Kier alpha value is -3.55. The topological polar surface area (TPSA) is 95.7 Å². The van der Waals surface area contributed by atoms with E-state index in [1.807, 2.05) is 6.07 Å². The second-order valence-corrected chi connectivity index (χ2v) is 5.49. The number of aromatic nitrogens is 2. The van der Waals surface area contributed by atoms with Crippen molar-refractivity contribution < 1.29 is 23.4 Å². The fourth-order valence-electron chi connectivity index (χ4n) is 2.43. The van der Waals surface area contributed by atoms with Gasteiger partial charge in [-0.2, -0.15) is 0 Å². The number of esters is 1. The smallest absolute Gasteiger partial charge is 0.337 e. The van der Waals surface area contributed by atoms with E-state index in [9.17, 15) is 4.79 Å². The van der Waals surface area contributed by atoms with Gasteiger partial charge in [0, 0.05) is 11.3 Å². The first kappa shape index (κ1) is 18.2. The van der Waals surface area contributed by atoms with Crippen LogP contribution in [0.4, 0.5) is 5.69 Å². The number of anilines is 1. The van der Waals surface area contributed by atoms with Gasteiger partial charge in [-0.25, -0.2) is 4.79 Å². The Bertz CT molecular complexity index is 921. The van der Waals surface area contributed by atoms with Crippen LogP contribution in [-0.2, 0) is 11.3 Å². The van der Waals surface area contributed by atoms with Gasteiger partial charge < -0.3 is 23.9 Å². The molecule has 0 aliphatic heterocycles. The van der Waals surface area contributed by atoms with Crippen molar-refractivity contribution in [3.8, 4) is 23.0 Å². The van der Waals surface area contributed by atoms with Crippen molar-refractivity contribution in [2.45, 2.75) is 6.54 Å². The maximum absolute atomic E-state index is 11.4. The van der Waals surface area contributed by atoms with Crippen molar-refractivity contribution in [1.82, 2.24) is 10.2 Å². The first-order valence-electron chi connectivity index (χ1n) is 8.11. The highest BCUT2D eigenvalue weighted by molar-refractivity contribution is 5.89. The summed E-state index contributed by atoms with van der Waals surface area (Å²) in [5.41, 5.74) is 2.03. The van der Waals surface area contributed by atoms with Gasteiger partial charge in [-0.1, -0.05) is 0 Å². The maximum atomic E-state index is 11.4. The first-order valence-corrected chi connectivity index (χ1v) is 8.11. The van der Waals surface area contributed by atoms with Crippen molar-refractivity contribution in [2.24, 2.45) is 0 Å². The third-order valence-electron chi connectivity index (χ3n) is 3.85. The molecule has 0 saturated heterocycles. The van der Waals surface area contributed by atoms with Gasteiger partial charge in [-0.05, 0) is 42.5 Å². The van der Waals surface area contributed by atoms with Gasteiger partial charge in [0.05, 0.1) is 33.4 Å². The lowest BCUT2D eigenvalue weighted by atomic mass is 10.2. The molecular weight excluding hydrogens is 350 g/mol.